The van der Waals surface area contributed by atoms with Crippen LogP contribution in [-0.2, 0) is 9.53 Å². The first-order valence-corrected chi connectivity index (χ1v) is 6.22. The summed E-state index contributed by atoms with van der Waals surface area (Å²) in [6.07, 6.45) is 0.782. The zero-order valence-electron chi connectivity index (χ0n) is 11.5. The number of nitrogens with one attached hydrogen (secondary N) is 1. The molecule has 0 saturated heterocycles. The molecule has 0 fully saturated rings. The van der Waals surface area contributed by atoms with Gasteiger partial charge in [0, 0.05) is 17.8 Å². The van der Waals surface area contributed by atoms with Crippen molar-refractivity contribution in [2.45, 2.75) is 26.7 Å². The largest absolute Gasteiger partial charge is 0.466 e. The standard InChI is InChI=1S/C13H17N3O4/c1-3-20-13(17)9-4-10(2)14-15-11-5-7-12(8-6-11)16(18)19/h5-8,15H,3-4,9H2,1-2H3. The van der Waals surface area contributed by atoms with Gasteiger partial charge in [0.2, 0.25) is 0 Å². The number of hydrogen-bond donors (Lipinski definition) is 1. The van der Waals surface area contributed by atoms with Crippen LogP contribution in [0.4, 0.5) is 11.4 Å². The second-order valence-electron chi connectivity index (χ2n) is 4.07. The topological polar surface area (TPSA) is 93.8 Å². The maximum atomic E-state index is 11.2. The van der Waals surface area contributed by atoms with Crippen molar-refractivity contribution in [2.75, 3.05) is 12.0 Å². The van der Waals surface area contributed by atoms with Gasteiger partial charge in [0.1, 0.15) is 0 Å². The van der Waals surface area contributed by atoms with E-state index in [1.54, 1.807) is 26.0 Å². The van der Waals surface area contributed by atoms with Crippen LogP contribution in [0.3, 0.4) is 0 Å². The summed E-state index contributed by atoms with van der Waals surface area (Å²) in [7, 11) is 0. The number of ether oxygens (including phenoxy) is 1. The van der Waals surface area contributed by atoms with Crippen molar-refractivity contribution < 1.29 is 14.5 Å². The SMILES string of the molecule is CCOC(=O)CCC(C)=NNc1ccc([N+](=O)[O-])cc1. The van der Waals surface area contributed by atoms with Gasteiger partial charge in [0.05, 0.1) is 23.6 Å². The third kappa shape index (κ3) is 5.47. The first-order valence-electron chi connectivity index (χ1n) is 6.22. The van der Waals surface area contributed by atoms with Gasteiger partial charge in [-0.15, -0.1) is 0 Å². The highest BCUT2D eigenvalue weighted by Gasteiger charge is 2.04. The molecule has 1 aromatic rings. The minimum Gasteiger partial charge on any atom is -0.466 e. The highest BCUT2D eigenvalue weighted by atomic mass is 16.6. The van der Waals surface area contributed by atoms with Crippen molar-refractivity contribution in [3.63, 3.8) is 0 Å². The molecule has 0 bridgehead atoms. The minimum atomic E-state index is -0.461. The monoisotopic (exact) mass is 279 g/mol. The number of nitrogens with zero attached hydrogens (tertiary/aromatic N) is 2. The summed E-state index contributed by atoms with van der Waals surface area (Å²) in [5.41, 5.74) is 4.20. The fourth-order valence-corrected chi connectivity index (χ4v) is 1.39. The maximum absolute atomic E-state index is 11.2. The maximum Gasteiger partial charge on any atom is 0.306 e. The number of hydrazone groups is 1. The summed E-state index contributed by atoms with van der Waals surface area (Å²) in [5, 5.41) is 14.6. The molecule has 108 valence electrons. The summed E-state index contributed by atoms with van der Waals surface area (Å²) in [5.74, 6) is -0.252. The molecule has 0 aromatic heterocycles. The second-order valence-corrected chi connectivity index (χ2v) is 4.07. The number of benzene rings is 1. The first kappa shape index (κ1) is 15.6. The van der Waals surface area contributed by atoms with E-state index in [0.29, 0.717) is 18.7 Å². The highest BCUT2D eigenvalue weighted by molar-refractivity contribution is 5.86. The number of nitro groups is 1. The van der Waals surface area contributed by atoms with Crippen molar-refractivity contribution >= 4 is 23.1 Å². The quantitative estimate of drug-likeness (QED) is 0.358. The van der Waals surface area contributed by atoms with Crippen LogP contribution < -0.4 is 5.43 Å². The average molecular weight is 279 g/mol. The Morgan fingerprint density at radius 1 is 1.35 bits per heavy atom. The molecule has 0 unspecified atom stereocenters. The Balaban J connectivity index is 2.46. The number of esters is 1. The lowest BCUT2D eigenvalue weighted by Crippen LogP contribution is -2.07. The summed E-state index contributed by atoms with van der Waals surface area (Å²) in [6, 6.07) is 5.93. The summed E-state index contributed by atoms with van der Waals surface area (Å²) in [4.78, 5) is 21.2. The Bertz CT molecular complexity index is 497. The average Bonchev–Trinajstić information content (AvgIpc) is 2.43. The summed E-state index contributed by atoms with van der Waals surface area (Å²) in [6.45, 7) is 3.92. The van der Waals surface area contributed by atoms with E-state index in [0.717, 1.165) is 5.71 Å². The van der Waals surface area contributed by atoms with Gasteiger partial charge in [-0.3, -0.25) is 20.3 Å². The molecule has 1 N–H and O–H groups in total. The Hall–Kier alpha value is -2.44. The Labute approximate surface area is 116 Å². The van der Waals surface area contributed by atoms with Crippen molar-refractivity contribution in [3.8, 4) is 0 Å². The van der Waals surface area contributed by atoms with Gasteiger partial charge in [0.25, 0.3) is 5.69 Å². The Morgan fingerprint density at radius 2 is 2.00 bits per heavy atom. The lowest BCUT2D eigenvalue weighted by molar-refractivity contribution is -0.384. The van der Waals surface area contributed by atoms with E-state index in [9.17, 15) is 14.9 Å². The van der Waals surface area contributed by atoms with Gasteiger partial charge in [-0.05, 0) is 32.4 Å². The van der Waals surface area contributed by atoms with E-state index in [1.165, 1.54) is 12.1 Å². The molecule has 0 aliphatic carbocycles. The predicted octanol–water partition coefficient (Wildman–Crippen LogP) is 2.73. The zero-order valence-corrected chi connectivity index (χ0v) is 11.5. The number of carbonyl (C=O) groups excluding carboxylic acids is 1. The molecule has 7 heteroatoms. The number of nitro benzene ring substituents is 1. The van der Waals surface area contributed by atoms with Crippen molar-refractivity contribution in [1.82, 2.24) is 0 Å². The highest BCUT2D eigenvalue weighted by Crippen LogP contribution is 2.15. The fraction of sp³-hybridized carbons (Fsp3) is 0.385. The molecule has 20 heavy (non-hydrogen) atoms. The van der Waals surface area contributed by atoms with Gasteiger partial charge in [-0.25, -0.2) is 0 Å². The van der Waals surface area contributed by atoms with Crippen molar-refractivity contribution in [3.05, 3.63) is 34.4 Å². The lowest BCUT2D eigenvalue weighted by Gasteiger charge is -2.03. The van der Waals surface area contributed by atoms with E-state index in [2.05, 4.69) is 10.5 Å². The van der Waals surface area contributed by atoms with Gasteiger partial charge in [0.15, 0.2) is 0 Å². The van der Waals surface area contributed by atoms with Crippen LogP contribution in [0.2, 0.25) is 0 Å². The first-order chi connectivity index (χ1) is 9.52. The minimum absolute atomic E-state index is 0.0264. The van der Waals surface area contributed by atoms with Crippen molar-refractivity contribution in [2.24, 2.45) is 5.10 Å². The Kier molecular flexibility index (Phi) is 6.15. The molecule has 0 aliphatic heterocycles. The van der Waals surface area contributed by atoms with E-state index in [-0.39, 0.29) is 18.1 Å². The van der Waals surface area contributed by atoms with Gasteiger partial charge >= 0.3 is 5.97 Å². The molecular formula is C13H17N3O4. The van der Waals surface area contributed by atoms with Crippen LogP contribution in [0, 0.1) is 10.1 Å². The molecule has 7 nitrogen and oxygen atoms in total. The number of carbonyl (C=O) groups is 1. The summed E-state index contributed by atoms with van der Waals surface area (Å²) < 4.78 is 4.81. The molecule has 0 amide bonds. The number of non-ortho nitro benzene ring substituents is 1. The van der Waals surface area contributed by atoms with Crippen molar-refractivity contribution in [1.29, 1.82) is 0 Å². The lowest BCUT2D eigenvalue weighted by atomic mass is 10.2. The molecule has 0 heterocycles. The molecule has 1 rings (SSSR count). The predicted molar refractivity (Wildman–Crippen MR) is 75.7 cm³/mol. The smallest absolute Gasteiger partial charge is 0.306 e. The van der Waals surface area contributed by atoms with E-state index in [1.807, 2.05) is 0 Å². The molecular weight excluding hydrogens is 262 g/mol. The molecule has 0 spiro atoms. The number of rotatable bonds is 7. The van der Waals surface area contributed by atoms with Gasteiger partial charge in [-0.1, -0.05) is 0 Å². The van der Waals surface area contributed by atoms with E-state index < -0.39 is 4.92 Å². The molecule has 0 radical (unpaired) electrons. The van der Waals surface area contributed by atoms with Crippen LogP contribution in [0.25, 0.3) is 0 Å². The normalized spacial score (nSPS) is 11.0. The van der Waals surface area contributed by atoms with Crippen LogP contribution >= 0.6 is 0 Å². The van der Waals surface area contributed by atoms with E-state index >= 15 is 0 Å². The van der Waals surface area contributed by atoms with Crippen LogP contribution in [0.5, 0.6) is 0 Å². The van der Waals surface area contributed by atoms with Gasteiger partial charge in [-0.2, -0.15) is 5.10 Å². The summed E-state index contributed by atoms with van der Waals surface area (Å²) >= 11 is 0. The second kappa shape index (κ2) is 7.88. The van der Waals surface area contributed by atoms with Gasteiger partial charge < -0.3 is 4.74 Å². The van der Waals surface area contributed by atoms with Crippen LogP contribution in [-0.4, -0.2) is 23.2 Å². The Morgan fingerprint density at radius 3 is 2.55 bits per heavy atom. The molecule has 0 aliphatic rings. The number of anilines is 1. The molecule has 1 aromatic carbocycles. The van der Waals surface area contributed by atoms with Crippen LogP contribution in [0.15, 0.2) is 29.4 Å². The zero-order chi connectivity index (χ0) is 15.0. The van der Waals surface area contributed by atoms with E-state index in [4.69, 9.17) is 4.74 Å². The number of hydrogen-bond acceptors (Lipinski definition) is 6. The third-order valence-electron chi connectivity index (χ3n) is 2.45. The van der Waals surface area contributed by atoms with Crippen LogP contribution in [0.1, 0.15) is 26.7 Å². The third-order valence-corrected chi connectivity index (χ3v) is 2.45. The molecule has 0 saturated carbocycles. The fourth-order valence-electron chi connectivity index (χ4n) is 1.39. The molecule has 0 atom stereocenters.